The number of piperazine rings is 1. The minimum Gasteiger partial charge on any atom is -0.365 e. The van der Waals surface area contributed by atoms with E-state index in [1.807, 2.05) is 39.9 Å². The summed E-state index contributed by atoms with van der Waals surface area (Å²) in [5, 5.41) is 4.77. The first-order valence-corrected chi connectivity index (χ1v) is 10.2. The normalized spacial score (nSPS) is 14.3. The summed E-state index contributed by atoms with van der Waals surface area (Å²) >= 11 is 0. The zero-order valence-corrected chi connectivity index (χ0v) is 17.4. The van der Waals surface area contributed by atoms with Gasteiger partial charge in [-0.05, 0) is 38.5 Å². The Labute approximate surface area is 172 Å². The van der Waals surface area contributed by atoms with E-state index in [1.54, 1.807) is 0 Å². The molecule has 0 bridgehead atoms. The molecule has 1 amide bonds. The van der Waals surface area contributed by atoms with Crippen molar-refractivity contribution in [1.29, 1.82) is 0 Å². The van der Waals surface area contributed by atoms with Gasteiger partial charge in [0, 0.05) is 26.2 Å². The average Bonchev–Trinajstić information content (AvgIpc) is 3.03. The lowest BCUT2D eigenvalue weighted by Gasteiger charge is -2.36. The van der Waals surface area contributed by atoms with Gasteiger partial charge >= 0.3 is 0 Å². The standard InChI is InChI=1S/C24H28N4O/c1-18-8-7-9-21(16-18)17-23(29)26-12-14-27(15-13-26)24-19(2)25-28(20(24)3)22-10-5-4-6-11-22/h4-11,16H,12-15,17H2,1-3H3. The van der Waals surface area contributed by atoms with E-state index in [2.05, 4.69) is 49.9 Å². The van der Waals surface area contributed by atoms with E-state index < -0.39 is 0 Å². The average molecular weight is 389 g/mol. The van der Waals surface area contributed by atoms with E-state index in [9.17, 15) is 4.79 Å². The molecule has 150 valence electrons. The number of amides is 1. The lowest BCUT2D eigenvalue weighted by molar-refractivity contribution is -0.130. The van der Waals surface area contributed by atoms with Crippen LogP contribution in [0.15, 0.2) is 54.6 Å². The summed E-state index contributed by atoms with van der Waals surface area (Å²) in [5.41, 5.74) is 6.74. The summed E-state index contributed by atoms with van der Waals surface area (Å²) in [6.45, 7) is 9.42. The van der Waals surface area contributed by atoms with Crippen LogP contribution in [0.4, 0.5) is 5.69 Å². The van der Waals surface area contributed by atoms with Crippen molar-refractivity contribution in [2.45, 2.75) is 27.2 Å². The summed E-state index contributed by atoms with van der Waals surface area (Å²) in [4.78, 5) is 17.1. The number of para-hydroxylation sites is 1. The molecule has 3 aromatic rings. The molecule has 1 aromatic heterocycles. The van der Waals surface area contributed by atoms with Crippen molar-refractivity contribution in [2.24, 2.45) is 0 Å². The third-order valence-corrected chi connectivity index (χ3v) is 5.64. The van der Waals surface area contributed by atoms with Crippen molar-refractivity contribution in [3.63, 3.8) is 0 Å². The van der Waals surface area contributed by atoms with Crippen LogP contribution in [0.2, 0.25) is 0 Å². The van der Waals surface area contributed by atoms with Crippen molar-refractivity contribution in [3.05, 3.63) is 77.1 Å². The van der Waals surface area contributed by atoms with Crippen LogP contribution < -0.4 is 4.90 Å². The lowest BCUT2D eigenvalue weighted by Crippen LogP contribution is -2.49. The van der Waals surface area contributed by atoms with Crippen LogP contribution in [-0.4, -0.2) is 46.8 Å². The van der Waals surface area contributed by atoms with Gasteiger partial charge < -0.3 is 9.80 Å². The van der Waals surface area contributed by atoms with Gasteiger partial charge in [0.2, 0.25) is 5.91 Å². The van der Waals surface area contributed by atoms with E-state index in [0.717, 1.165) is 48.8 Å². The molecular formula is C24H28N4O. The Bertz CT molecular complexity index is 1000. The van der Waals surface area contributed by atoms with Crippen molar-refractivity contribution in [2.75, 3.05) is 31.1 Å². The fraction of sp³-hybridized carbons (Fsp3) is 0.333. The van der Waals surface area contributed by atoms with Crippen molar-refractivity contribution in [3.8, 4) is 5.69 Å². The Morgan fingerprint density at radius 3 is 2.34 bits per heavy atom. The van der Waals surface area contributed by atoms with Crippen LogP contribution >= 0.6 is 0 Å². The molecule has 1 saturated heterocycles. The quantitative estimate of drug-likeness (QED) is 0.685. The van der Waals surface area contributed by atoms with Gasteiger partial charge in [0.1, 0.15) is 0 Å². The topological polar surface area (TPSA) is 41.4 Å². The number of hydrogen-bond acceptors (Lipinski definition) is 3. The Balaban J connectivity index is 1.43. The number of carbonyl (C=O) groups excluding carboxylic acids is 1. The number of aromatic nitrogens is 2. The molecular weight excluding hydrogens is 360 g/mol. The second-order valence-corrected chi connectivity index (χ2v) is 7.80. The van der Waals surface area contributed by atoms with Gasteiger partial charge in [-0.2, -0.15) is 5.10 Å². The van der Waals surface area contributed by atoms with E-state index in [1.165, 1.54) is 11.3 Å². The Kier molecular flexibility index (Phi) is 5.38. The largest absolute Gasteiger partial charge is 0.365 e. The molecule has 1 aliphatic heterocycles. The number of hydrogen-bond donors (Lipinski definition) is 0. The number of anilines is 1. The minimum atomic E-state index is 0.212. The molecule has 0 radical (unpaired) electrons. The molecule has 1 fully saturated rings. The molecule has 4 rings (SSSR count). The predicted octanol–water partition coefficient (Wildman–Crippen LogP) is 3.69. The third-order valence-electron chi connectivity index (χ3n) is 5.64. The van der Waals surface area contributed by atoms with Crippen LogP contribution in [0.3, 0.4) is 0 Å². The van der Waals surface area contributed by atoms with Crippen molar-refractivity contribution < 1.29 is 4.79 Å². The molecule has 0 atom stereocenters. The van der Waals surface area contributed by atoms with Crippen LogP contribution in [-0.2, 0) is 11.2 Å². The maximum Gasteiger partial charge on any atom is 0.227 e. The smallest absolute Gasteiger partial charge is 0.227 e. The summed E-state index contributed by atoms with van der Waals surface area (Å²) in [5.74, 6) is 0.212. The minimum absolute atomic E-state index is 0.212. The van der Waals surface area contributed by atoms with Crippen LogP contribution in [0.25, 0.3) is 5.69 Å². The predicted molar refractivity (Wildman–Crippen MR) is 117 cm³/mol. The molecule has 0 saturated carbocycles. The Morgan fingerprint density at radius 2 is 1.66 bits per heavy atom. The fourth-order valence-electron chi connectivity index (χ4n) is 4.20. The number of aryl methyl sites for hydroxylation is 2. The molecule has 0 aliphatic carbocycles. The SMILES string of the molecule is Cc1cccc(CC(=O)N2CCN(c3c(C)nn(-c4ccccc4)c3C)CC2)c1. The number of benzene rings is 2. The van der Waals surface area contributed by atoms with Gasteiger partial charge in [-0.25, -0.2) is 4.68 Å². The highest BCUT2D eigenvalue weighted by Crippen LogP contribution is 2.27. The monoisotopic (exact) mass is 388 g/mol. The van der Waals surface area contributed by atoms with Gasteiger partial charge in [-0.1, -0.05) is 48.0 Å². The second kappa shape index (κ2) is 8.11. The summed E-state index contributed by atoms with van der Waals surface area (Å²) in [6, 6.07) is 18.4. The molecule has 29 heavy (non-hydrogen) atoms. The van der Waals surface area contributed by atoms with Gasteiger partial charge in [-0.3, -0.25) is 4.79 Å². The molecule has 1 aliphatic rings. The van der Waals surface area contributed by atoms with E-state index in [-0.39, 0.29) is 5.91 Å². The molecule has 0 N–H and O–H groups in total. The van der Waals surface area contributed by atoms with Crippen LogP contribution in [0.5, 0.6) is 0 Å². The van der Waals surface area contributed by atoms with Crippen LogP contribution in [0.1, 0.15) is 22.5 Å². The first kappa shape index (κ1) is 19.2. The number of rotatable bonds is 4. The van der Waals surface area contributed by atoms with Crippen molar-refractivity contribution >= 4 is 11.6 Å². The highest BCUT2D eigenvalue weighted by molar-refractivity contribution is 5.79. The van der Waals surface area contributed by atoms with Gasteiger partial charge in [0.25, 0.3) is 0 Å². The maximum atomic E-state index is 12.7. The summed E-state index contributed by atoms with van der Waals surface area (Å²) in [7, 11) is 0. The molecule has 2 aromatic carbocycles. The second-order valence-electron chi connectivity index (χ2n) is 7.80. The van der Waals surface area contributed by atoms with E-state index in [4.69, 9.17) is 5.10 Å². The Hall–Kier alpha value is -3.08. The third kappa shape index (κ3) is 4.04. The van der Waals surface area contributed by atoms with E-state index >= 15 is 0 Å². The lowest BCUT2D eigenvalue weighted by atomic mass is 10.1. The summed E-state index contributed by atoms with van der Waals surface area (Å²) < 4.78 is 2.01. The zero-order chi connectivity index (χ0) is 20.4. The summed E-state index contributed by atoms with van der Waals surface area (Å²) in [6.07, 6.45) is 0.478. The van der Waals surface area contributed by atoms with E-state index in [0.29, 0.717) is 6.42 Å². The Morgan fingerprint density at radius 1 is 0.931 bits per heavy atom. The van der Waals surface area contributed by atoms with Crippen LogP contribution in [0, 0.1) is 20.8 Å². The first-order valence-electron chi connectivity index (χ1n) is 10.2. The highest BCUT2D eigenvalue weighted by atomic mass is 16.2. The maximum absolute atomic E-state index is 12.7. The van der Waals surface area contributed by atoms with Gasteiger partial charge in [-0.15, -0.1) is 0 Å². The van der Waals surface area contributed by atoms with Gasteiger partial charge in [0.15, 0.2) is 0 Å². The molecule has 5 heteroatoms. The molecule has 5 nitrogen and oxygen atoms in total. The highest BCUT2D eigenvalue weighted by Gasteiger charge is 2.25. The fourth-order valence-corrected chi connectivity index (χ4v) is 4.20. The molecule has 0 spiro atoms. The number of nitrogens with zero attached hydrogens (tertiary/aromatic N) is 4. The van der Waals surface area contributed by atoms with Crippen molar-refractivity contribution in [1.82, 2.24) is 14.7 Å². The first-order chi connectivity index (χ1) is 14.0. The molecule has 2 heterocycles. The van der Waals surface area contributed by atoms with Gasteiger partial charge in [0.05, 0.1) is 29.2 Å². The number of carbonyl (C=O) groups is 1. The molecule has 0 unspecified atom stereocenters. The zero-order valence-electron chi connectivity index (χ0n) is 17.4.